The van der Waals surface area contributed by atoms with Crippen LogP contribution in [0.1, 0.15) is 52.3 Å². The van der Waals surface area contributed by atoms with Crippen LogP contribution in [0.25, 0.3) is 5.69 Å². The number of rotatable bonds is 8. The predicted octanol–water partition coefficient (Wildman–Crippen LogP) is 2.39. The van der Waals surface area contributed by atoms with Crippen molar-refractivity contribution >= 4 is 18.0 Å². The minimum atomic E-state index is -1.18. The normalized spacial score (nSPS) is 24.4. The number of hydrogen-bond acceptors (Lipinski definition) is 9. The fourth-order valence-electron chi connectivity index (χ4n) is 4.57. The number of likely N-dealkylation sites (tertiary alicyclic amines) is 1. The number of hydrogen-bond donors (Lipinski definition) is 1. The van der Waals surface area contributed by atoms with Crippen molar-refractivity contribution in [3.05, 3.63) is 42.7 Å². The summed E-state index contributed by atoms with van der Waals surface area (Å²) < 4.78 is 16.0. The first kappa shape index (κ1) is 27.1. The quantitative estimate of drug-likeness (QED) is 0.406. The van der Waals surface area contributed by atoms with Crippen molar-refractivity contribution in [2.45, 2.75) is 63.6 Å². The molecule has 12 heteroatoms. The molecule has 2 aromatic rings. The van der Waals surface area contributed by atoms with E-state index in [1.54, 1.807) is 65.1 Å². The van der Waals surface area contributed by atoms with E-state index in [0.29, 0.717) is 23.7 Å². The van der Waals surface area contributed by atoms with Crippen molar-refractivity contribution in [2.24, 2.45) is 5.92 Å². The Morgan fingerprint density at radius 2 is 1.95 bits per heavy atom. The summed E-state index contributed by atoms with van der Waals surface area (Å²) >= 11 is 0. The molecule has 1 aliphatic carbocycles. The van der Waals surface area contributed by atoms with Gasteiger partial charge in [0.15, 0.2) is 5.82 Å². The Labute approximate surface area is 221 Å². The second-order valence-corrected chi connectivity index (χ2v) is 10.4. The molecular formula is C26H34N6O6. The van der Waals surface area contributed by atoms with E-state index in [-0.39, 0.29) is 31.4 Å². The van der Waals surface area contributed by atoms with Crippen LogP contribution in [0.2, 0.25) is 0 Å². The first-order valence-electron chi connectivity index (χ1n) is 12.6. The molecule has 0 bridgehead atoms. The van der Waals surface area contributed by atoms with Gasteiger partial charge in [-0.25, -0.2) is 9.59 Å². The number of methoxy groups -OCH3 is 1. The average molecular weight is 527 g/mol. The highest BCUT2D eigenvalue weighted by Crippen LogP contribution is 2.46. The minimum Gasteiger partial charge on any atom is -0.497 e. The van der Waals surface area contributed by atoms with Gasteiger partial charge in [-0.3, -0.25) is 9.69 Å². The van der Waals surface area contributed by atoms with Crippen LogP contribution in [-0.2, 0) is 19.1 Å². The van der Waals surface area contributed by atoms with Gasteiger partial charge in [0.1, 0.15) is 22.9 Å². The van der Waals surface area contributed by atoms with E-state index in [9.17, 15) is 14.4 Å². The Hall–Kier alpha value is -3.96. The molecule has 2 amide bonds. The van der Waals surface area contributed by atoms with E-state index >= 15 is 0 Å². The van der Waals surface area contributed by atoms with Gasteiger partial charge in [-0.15, -0.1) is 21.6 Å². The van der Waals surface area contributed by atoms with E-state index in [4.69, 9.17) is 14.2 Å². The smallest absolute Gasteiger partial charge is 0.410 e. The lowest BCUT2D eigenvalue weighted by Crippen LogP contribution is -2.53. The van der Waals surface area contributed by atoms with Crippen LogP contribution >= 0.6 is 0 Å². The second-order valence-electron chi connectivity index (χ2n) is 10.4. The average Bonchev–Trinajstić information content (AvgIpc) is 3.21. The third kappa shape index (κ3) is 5.48. The molecule has 1 saturated heterocycles. The maximum absolute atomic E-state index is 13.5. The van der Waals surface area contributed by atoms with E-state index < -0.39 is 35.2 Å². The number of carbonyl (C=O) groups is 3. The largest absolute Gasteiger partial charge is 0.497 e. The summed E-state index contributed by atoms with van der Waals surface area (Å²) in [6.45, 7) is 11.1. The van der Waals surface area contributed by atoms with E-state index in [0.717, 1.165) is 0 Å². The van der Waals surface area contributed by atoms with Gasteiger partial charge in [0.05, 0.1) is 19.4 Å². The molecule has 1 saturated carbocycles. The summed E-state index contributed by atoms with van der Waals surface area (Å²) in [6, 6.07) is 6.25. The fraction of sp³-hybridized carbons (Fsp3) is 0.538. The van der Waals surface area contributed by atoms with Crippen LogP contribution < -0.4 is 10.1 Å². The molecule has 38 heavy (non-hydrogen) atoms. The van der Waals surface area contributed by atoms with E-state index in [1.807, 2.05) is 0 Å². The third-order valence-electron chi connectivity index (χ3n) is 6.61. The van der Waals surface area contributed by atoms with Gasteiger partial charge in [-0.05, 0) is 70.0 Å². The molecule has 1 aromatic heterocycles. The van der Waals surface area contributed by atoms with Gasteiger partial charge in [0.25, 0.3) is 0 Å². The molecule has 0 radical (unpaired) electrons. The Morgan fingerprint density at radius 1 is 1.24 bits per heavy atom. The molecule has 4 atom stereocenters. The highest BCUT2D eigenvalue weighted by molar-refractivity contribution is 5.95. The van der Waals surface area contributed by atoms with Crippen molar-refractivity contribution in [1.29, 1.82) is 0 Å². The summed E-state index contributed by atoms with van der Waals surface area (Å²) in [5.74, 6) is -0.525. The molecule has 2 aliphatic rings. The van der Waals surface area contributed by atoms with E-state index in [1.165, 1.54) is 9.70 Å². The Morgan fingerprint density at radius 3 is 2.53 bits per heavy atom. The van der Waals surface area contributed by atoms with Gasteiger partial charge in [0, 0.05) is 18.4 Å². The molecule has 4 rings (SSSR count). The molecule has 0 spiro atoms. The summed E-state index contributed by atoms with van der Waals surface area (Å²) in [6.07, 6.45) is 1.61. The maximum atomic E-state index is 13.5. The van der Waals surface area contributed by atoms with Crippen LogP contribution in [0.15, 0.2) is 36.9 Å². The Bertz CT molecular complexity index is 1210. The van der Waals surface area contributed by atoms with Crippen LogP contribution in [-0.4, -0.2) is 80.5 Å². The number of nitrogens with one attached hydrogen (secondary N) is 1. The number of carbonyl (C=O) groups excluding carboxylic acids is 3. The minimum absolute atomic E-state index is 0.151. The third-order valence-corrected chi connectivity index (χ3v) is 6.61. The maximum Gasteiger partial charge on any atom is 0.410 e. The molecule has 204 valence electrons. The Balaban J connectivity index is 1.56. The van der Waals surface area contributed by atoms with Crippen molar-refractivity contribution in [3.63, 3.8) is 0 Å². The highest BCUT2D eigenvalue weighted by atomic mass is 16.6. The molecule has 12 nitrogen and oxygen atoms in total. The van der Waals surface area contributed by atoms with Crippen LogP contribution in [0.4, 0.5) is 4.79 Å². The predicted molar refractivity (Wildman–Crippen MR) is 136 cm³/mol. The number of nitrogens with zero attached hydrogens (tertiary/aromatic N) is 5. The summed E-state index contributed by atoms with van der Waals surface area (Å²) in [5, 5.41) is 15.7. The second kappa shape index (κ2) is 10.4. The van der Waals surface area contributed by atoms with Crippen LogP contribution in [0.5, 0.6) is 5.75 Å². The highest BCUT2D eigenvalue weighted by Gasteiger charge is 2.62. The molecule has 1 N–H and O–H groups in total. The Kier molecular flexibility index (Phi) is 7.43. The van der Waals surface area contributed by atoms with Crippen molar-refractivity contribution in [2.75, 3.05) is 20.3 Å². The lowest BCUT2D eigenvalue weighted by molar-refractivity contribution is -0.149. The number of esters is 1. The van der Waals surface area contributed by atoms with Gasteiger partial charge in [-0.1, -0.05) is 6.08 Å². The van der Waals surface area contributed by atoms with Gasteiger partial charge in [-0.2, -0.15) is 0 Å². The van der Waals surface area contributed by atoms with Crippen LogP contribution in [0, 0.1) is 5.92 Å². The lowest BCUT2D eigenvalue weighted by Gasteiger charge is -2.29. The molecule has 1 aromatic carbocycles. The van der Waals surface area contributed by atoms with Crippen molar-refractivity contribution in [3.8, 4) is 11.4 Å². The lowest BCUT2D eigenvalue weighted by atomic mass is 10.0. The van der Waals surface area contributed by atoms with Gasteiger partial charge >= 0.3 is 12.1 Å². The number of tetrazole rings is 1. The number of ether oxygens (including phenoxy) is 3. The molecular weight excluding hydrogens is 492 g/mol. The topological polar surface area (TPSA) is 138 Å². The number of benzene rings is 1. The monoisotopic (exact) mass is 526 g/mol. The summed E-state index contributed by atoms with van der Waals surface area (Å²) in [7, 11) is 1.58. The number of aromatic nitrogens is 4. The van der Waals surface area contributed by atoms with Gasteiger partial charge in [0.2, 0.25) is 5.91 Å². The van der Waals surface area contributed by atoms with E-state index in [2.05, 4.69) is 27.3 Å². The zero-order valence-electron chi connectivity index (χ0n) is 22.3. The zero-order valence-corrected chi connectivity index (χ0v) is 22.3. The molecule has 2 heterocycles. The first-order valence-corrected chi connectivity index (χ1v) is 12.6. The van der Waals surface area contributed by atoms with Crippen molar-refractivity contribution in [1.82, 2.24) is 30.4 Å². The molecule has 1 aliphatic heterocycles. The van der Waals surface area contributed by atoms with Crippen LogP contribution in [0.3, 0.4) is 0 Å². The summed E-state index contributed by atoms with van der Waals surface area (Å²) in [5.41, 5.74) is -1.26. The fourth-order valence-corrected chi connectivity index (χ4v) is 4.57. The first-order chi connectivity index (χ1) is 18.0. The molecule has 0 unspecified atom stereocenters. The summed E-state index contributed by atoms with van der Waals surface area (Å²) in [4.78, 5) is 42.1. The number of amides is 2. The van der Waals surface area contributed by atoms with Crippen molar-refractivity contribution < 1.29 is 28.6 Å². The zero-order chi connectivity index (χ0) is 27.7. The van der Waals surface area contributed by atoms with Gasteiger partial charge < -0.3 is 19.5 Å². The SMILES string of the molecule is C=C[C@@H]1C[C@]1(NC(=O)[C@H]1C[C@@H](c2nnn(-c3ccc(OC)cc3)n2)CN1C(=O)OC(C)(C)C)C(=O)OCC. The standard InChI is InChI=1S/C26H34N6O6/c1-7-17-14-26(17,23(34)37-8-2)27-22(33)20-13-16(15-31(20)24(35)38-25(3,4)5)21-28-30-32(29-21)18-9-11-19(36-6)12-10-18/h7,9-12,16-17,20H,1,8,13-15H2,2-6H3,(H,27,33)/t16-,17-,20-,26-/m1/s1. The molecule has 2 fully saturated rings.